The summed E-state index contributed by atoms with van der Waals surface area (Å²) in [6, 6.07) is 0. The van der Waals surface area contributed by atoms with E-state index in [4.69, 9.17) is 16.3 Å². The highest BCUT2D eigenvalue weighted by Crippen LogP contribution is 2.29. The van der Waals surface area contributed by atoms with Gasteiger partial charge in [-0.3, -0.25) is 0 Å². The molecule has 0 spiro atoms. The molecular weight excluding hydrogens is 188 g/mol. The van der Waals surface area contributed by atoms with Crippen molar-refractivity contribution >= 4 is 11.6 Å². The first-order valence-corrected chi connectivity index (χ1v) is 4.75. The molecule has 2 rings (SSSR count). The van der Waals surface area contributed by atoms with E-state index in [0.717, 1.165) is 17.8 Å². The number of nitrogens with zero attached hydrogens (tertiary/aromatic N) is 2. The van der Waals surface area contributed by atoms with Crippen LogP contribution in [0.1, 0.15) is 31.2 Å². The van der Waals surface area contributed by atoms with Gasteiger partial charge in [-0.15, -0.1) is 0 Å². The van der Waals surface area contributed by atoms with Gasteiger partial charge < -0.3 is 4.74 Å². The Morgan fingerprint density at radius 1 is 1.38 bits per heavy atom. The molecule has 1 aliphatic heterocycles. The highest BCUT2D eigenvalue weighted by molar-refractivity contribution is 6.30. The van der Waals surface area contributed by atoms with Gasteiger partial charge in [-0.05, 0) is 0 Å². The molecule has 0 bridgehead atoms. The molecule has 0 atom stereocenters. The Bertz CT molecular complexity index is 339. The largest absolute Gasteiger partial charge is 0.477 e. The Morgan fingerprint density at radius 2 is 2.15 bits per heavy atom. The molecule has 0 amide bonds. The number of aromatic nitrogens is 2. The number of fused-ring (bicyclic) bond motifs is 1. The molecule has 0 radical (unpaired) electrons. The lowest BCUT2D eigenvalue weighted by molar-refractivity contribution is 0.343. The number of rotatable bonds is 1. The minimum atomic E-state index is 0.284. The van der Waals surface area contributed by atoms with Crippen LogP contribution in [0.5, 0.6) is 5.88 Å². The van der Waals surface area contributed by atoms with E-state index in [1.54, 1.807) is 0 Å². The monoisotopic (exact) mass is 198 g/mol. The topological polar surface area (TPSA) is 35.0 Å². The van der Waals surface area contributed by atoms with Gasteiger partial charge in [0.1, 0.15) is 11.0 Å². The predicted molar refractivity (Wildman–Crippen MR) is 50.3 cm³/mol. The molecule has 0 aromatic carbocycles. The van der Waals surface area contributed by atoms with E-state index < -0.39 is 0 Å². The lowest BCUT2D eigenvalue weighted by Crippen LogP contribution is -2.00. The van der Waals surface area contributed by atoms with E-state index >= 15 is 0 Å². The fourth-order valence-corrected chi connectivity index (χ4v) is 1.55. The van der Waals surface area contributed by atoms with Crippen molar-refractivity contribution in [1.82, 2.24) is 9.97 Å². The van der Waals surface area contributed by atoms with Gasteiger partial charge >= 0.3 is 0 Å². The van der Waals surface area contributed by atoms with Crippen LogP contribution in [0.15, 0.2) is 0 Å². The van der Waals surface area contributed by atoms with Crippen LogP contribution in [0.25, 0.3) is 0 Å². The number of hydrogen-bond donors (Lipinski definition) is 0. The molecule has 13 heavy (non-hydrogen) atoms. The van der Waals surface area contributed by atoms with Crippen LogP contribution >= 0.6 is 11.6 Å². The summed E-state index contributed by atoms with van der Waals surface area (Å²) in [5.41, 5.74) is 0.950. The van der Waals surface area contributed by atoms with Crippen molar-refractivity contribution < 1.29 is 4.74 Å². The van der Waals surface area contributed by atoms with E-state index in [9.17, 15) is 0 Å². The van der Waals surface area contributed by atoms with Gasteiger partial charge in [-0.25, -0.2) is 4.98 Å². The van der Waals surface area contributed by atoms with Crippen molar-refractivity contribution in [3.05, 3.63) is 16.5 Å². The molecule has 70 valence electrons. The molecule has 0 aliphatic carbocycles. The quantitative estimate of drug-likeness (QED) is 0.649. The second-order valence-corrected chi connectivity index (χ2v) is 3.77. The second-order valence-electron chi connectivity index (χ2n) is 3.41. The van der Waals surface area contributed by atoms with Crippen LogP contribution < -0.4 is 4.74 Å². The maximum Gasteiger partial charge on any atom is 0.221 e. The average molecular weight is 199 g/mol. The zero-order valence-corrected chi connectivity index (χ0v) is 8.43. The minimum Gasteiger partial charge on any atom is -0.477 e. The number of halogens is 1. The zero-order valence-electron chi connectivity index (χ0n) is 7.67. The average Bonchev–Trinajstić information content (AvgIpc) is 2.51. The van der Waals surface area contributed by atoms with Crippen LogP contribution in [0, 0.1) is 0 Å². The third kappa shape index (κ3) is 1.48. The highest BCUT2D eigenvalue weighted by Gasteiger charge is 2.20. The third-order valence-corrected chi connectivity index (χ3v) is 2.36. The predicted octanol–water partition coefficient (Wildman–Crippen LogP) is 2.19. The summed E-state index contributed by atoms with van der Waals surface area (Å²) in [6.45, 7) is 4.74. The SMILES string of the molecule is CC(C)c1nc(Cl)c2c(n1)OCC2. The molecule has 0 N–H and O–H groups in total. The van der Waals surface area contributed by atoms with E-state index in [1.807, 2.05) is 13.8 Å². The zero-order chi connectivity index (χ0) is 9.42. The summed E-state index contributed by atoms with van der Waals surface area (Å²) in [5.74, 6) is 1.71. The number of ether oxygens (including phenoxy) is 1. The summed E-state index contributed by atoms with van der Waals surface area (Å²) in [5, 5.41) is 0.547. The summed E-state index contributed by atoms with van der Waals surface area (Å²) in [6.07, 6.45) is 0.826. The van der Waals surface area contributed by atoms with Crippen LogP contribution in [0.3, 0.4) is 0 Å². The molecule has 3 nitrogen and oxygen atoms in total. The van der Waals surface area contributed by atoms with E-state index in [0.29, 0.717) is 17.6 Å². The van der Waals surface area contributed by atoms with Crippen LogP contribution in [-0.2, 0) is 6.42 Å². The first kappa shape index (κ1) is 8.75. The molecule has 1 aliphatic rings. The Morgan fingerprint density at radius 3 is 2.85 bits per heavy atom. The van der Waals surface area contributed by atoms with Gasteiger partial charge in [-0.2, -0.15) is 4.98 Å². The van der Waals surface area contributed by atoms with Gasteiger partial charge in [0.2, 0.25) is 5.88 Å². The molecule has 2 heterocycles. The third-order valence-electron chi connectivity index (χ3n) is 2.04. The van der Waals surface area contributed by atoms with Gasteiger partial charge in [0.15, 0.2) is 0 Å². The van der Waals surface area contributed by atoms with Crippen molar-refractivity contribution in [3.63, 3.8) is 0 Å². The molecule has 1 aromatic heterocycles. The highest BCUT2D eigenvalue weighted by atomic mass is 35.5. The van der Waals surface area contributed by atoms with Gasteiger partial charge in [0.25, 0.3) is 0 Å². The van der Waals surface area contributed by atoms with Crippen molar-refractivity contribution in [2.75, 3.05) is 6.61 Å². The second kappa shape index (κ2) is 3.14. The van der Waals surface area contributed by atoms with Crippen molar-refractivity contribution in [3.8, 4) is 5.88 Å². The lowest BCUT2D eigenvalue weighted by Gasteiger charge is -2.06. The fraction of sp³-hybridized carbons (Fsp3) is 0.556. The Hall–Kier alpha value is -0.830. The molecule has 0 fully saturated rings. The van der Waals surface area contributed by atoms with Crippen LogP contribution in [-0.4, -0.2) is 16.6 Å². The molecular formula is C9H11ClN2O. The van der Waals surface area contributed by atoms with Gasteiger partial charge in [0.05, 0.1) is 12.2 Å². The Kier molecular flexibility index (Phi) is 2.12. The maximum absolute atomic E-state index is 5.99. The lowest BCUT2D eigenvalue weighted by atomic mass is 10.2. The van der Waals surface area contributed by atoms with E-state index in [2.05, 4.69) is 9.97 Å². The summed E-state index contributed by atoms with van der Waals surface area (Å²) < 4.78 is 5.33. The first-order chi connectivity index (χ1) is 6.18. The summed E-state index contributed by atoms with van der Waals surface area (Å²) >= 11 is 5.99. The molecule has 1 aromatic rings. The van der Waals surface area contributed by atoms with Crippen LogP contribution in [0.4, 0.5) is 0 Å². The smallest absolute Gasteiger partial charge is 0.221 e. The minimum absolute atomic E-state index is 0.284. The van der Waals surface area contributed by atoms with Crippen molar-refractivity contribution in [2.24, 2.45) is 0 Å². The van der Waals surface area contributed by atoms with E-state index in [1.165, 1.54) is 0 Å². The molecule has 0 unspecified atom stereocenters. The standard InChI is InChI=1S/C9H11ClN2O/c1-5(2)8-11-7(10)6-3-4-13-9(6)12-8/h5H,3-4H2,1-2H3. The first-order valence-electron chi connectivity index (χ1n) is 4.37. The van der Waals surface area contributed by atoms with E-state index in [-0.39, 0.29) is 5.92 Å². The normalized spacial score (nSPS) is 14.5. The van der Waals surface area contributed by atoms with Gasteiger partial charge in [0, 0.05) is 12.3 Å². The Labute approximate surface area is 82.1 Å². The van der Waals surface area contributed by atoms with Crippen molar-refractivity contribution in [1.29, 1.82) is 0 Å². The van der Waals surface area contributed by atoms with Crippen molar-refractivity contribution in [2.45, 2.75) is 26.2 Å². The summed E-state index contributed by atoms with van der Waals surface area (Å²) in [7, 11) is 0. The van der Waals surface area contributed by atoms with Gasteiger partial charge in [-0.1, -0.05) is 25.4 Å². The van der Waals surface area contributed by atoms with Crippen LogP contribution in [0.2, 0.25) is 5.15 Å². The molecule has 0 saturated carbocycles. The Balaban J connectivity index is 2.49. The molecule has 4 heteroatoms. The fourth-order valence-electron chi connectivity index (χ4n) is 1.29. The summed E-state index contributed by atoms with van der Waals surface area (Å²) in [4.78, 5) is 8.51. The molecule has 0 saturated heterocycles. The number of hydrogen-bond acceptors (Lipinski definition) is 3. The maximum atomic E-state index is 5.99.